The fourth-order valence-electron chi connectivity index (χ4n) is 1.21. The minimum atomic E-state index is -0.611. The maximum absolute atomic E-state index is 11.4. The maximum atomic E-state index is 11.4. The Kier molecular flexibility index (Phi) is 4.72. The minimum Gasteiger partial charge on any atom is -0.464 e. The molecule has 0 unspecified atom stereocenters. The third kappa shape index (κ3) is 4.28. The predicted octanol–water partition coefficient (Wildman–Crippen LogP) is 1.99. The molecular formula is C12H12ClNO3. The smallest absolute Gasteiger partial charge is 0.354 e. The molecule has 1 amide bonds. The van der Waals surface area contributed by atoms with Gasteiger partial charge in [-0.15, -0.1) is 0 Å². The first-order valence-corrected chi connectivity index (χ1v) is 5.24. The third-order valence-corrected chi connectivity index (χ3v) is 2.11. The van der Waals surface area contributed by atoms with Crippen LogP contribution in [-0.4, -0.2) is 19.0 Å². The average Bonchev–Trinajstić information content (AvgIpc) is 2.26. The van der Waals surface area contributed by atoms with Gasteiger partial charge in [0.2, 0.25) is 5.91 Å². The second-order valence-electron chi connectivity index (χ2n) is 3.29. The van der Waals surface area contributed by atoms with E-state index < -0.39 is 5.97 Å². The zero-order valence-electron chi connectivity index (χ0n) is 9.49. The number of rotatable bonds is 3. The summed E-state index contributed by atoms with van der Waals surface area (Å²) in [7, 11) is 1.25. The largest absolute Gasteiger partial charge is 0.464 e. The third-order valence-electron chi connectivity index (χ3n) is 1.88. The van der Waals surface area contributed by atoms with Crippen molar-refractivity contribution in [1.82, 2.24) is 5.32 Å². The van der Waals surface area contributed by atoms with E-state index in [-0.39, 0.29) is 11.6 Å². The van der Waals surface area contributed by atoms with Crippen LogP contribution in [0.4, 0.5) is 0 Å². The van der Waals surface area contributed by atoms with Crippen molar-refractivity contribution in [2.75, 3.05) is 7.11 Å². The molecule has 0 aliphatic heterocycles. The summed E-state index contributed by atoms with van der Waals surface area (Å²) in [6, 6.07) is 6.90. The quantitative estimate of drug-likeness (QED) is 0.662. The van der Waals surface area contributed by atoms with Crippen LogP contribution in [0.25, 0.3) is 6.08 Å². The van der Waals surface area contributed by atoms with E-state index in [2.05, 4.69) is 10.1 Å². The maximum Gasteiger partial charge on any atom is 0.354 e. The van der Waals surface area contributed by atoms with Gasteiger partial charge in [0.15, 0.2) is 0 Å². The SMILES string of the molecule is COC(=O)/C(=C/c1cccc(Cl)c1)NC(C)=O. The van der Waals surface area contributed by atoms with Crippen LogP contribution in [0.5, 0.6) is 0 Å². The molecule has 1 N–H and O–H groups in total. The zero-order valence-corrected chi connectivity index (χ0v) is 10.2. The van der Waals surface area contributed by atoms with Gasteiger partial charge >= 0.3 is 5.97 Å². The summed E-state index contributed by atoms with van der Waals surface area (Å²) in [6.07, 6.45) is 1.50. The van der Waals surface area contributed by atoms with E-state index in [1.165, 1.54) is 20.1 Å². The van der Waals surface area contributed by atoms with Gasteiger partial charge in [0, 0.05) is 11.9 Å². The lowest BCUT2D eigenvalue weighted by Gasteiger charge is -2.05. The van der Waals surface area contributed by atoms with E-state index >= 15 is 0 Å². The van der Waals surface area contributed by atoms with Crippen LogP contribution in [0.3, 0.4) is 0 Å². The van der Waals surface area contributed by atoms with Gasteiger partial charge in [-0.25, -0.2) is 4.79 Å². The summed E-state index contributed by atoms with van der Waals surface area (Å²) in [5, 5.41) is 2.95. The first kappa shape index (κ1) is 13.3. The Morgan fingerprint density at radius 3 is 2.65 bits per heavy atom. The van der Waals surface area contributed by atoms with Gasteiger partial charge in [0.25, 0.3) is 0 Å². The van der Waals surface area contributed by atoms with Crippen molar-refractivity contribution < 1.29 is 14.3 Å². The lowest BCUT2D eigenvalue weighted by atomic mass is 10.2. The van der Waals surface area contributed by atoms with Crippen molar-refractivity contribution in [3.05, 3.63) is 40.5 Å². The van der Waals surface area contributed by atoms with E-state index in [0.717, 1.165) is 0 Å². The summed E-state index contributed by atoms with van der Waals surface area (Å²) >= 11 is 5.81. The molecule has 0 saturated carbocycles. The molecule has 0 aromatic heterocycles. The number of methoxy groups -OCH3 is 1. The average molecular weight is 254 g/mol. The Balaban J connectivity index is 3.04. The number of benzene rings is 1. The molecule has 0 aliphatic carbocycles. The second-order valence-corrected chi connectivity index (χ2v) is 3.72. The first-order chi connectivity index (χ1) is 8.02. The van der Waals surface area contributed by atoms with Crippen molar-refractivity contribution in [2.24, 2.45) is 0 Å². The van der Waals surface area contributed by atoms with Crippen LogP contribution in [-0.2, 0) is 14.3 Å². The normalized spacial score (nSPS) is 10.9. The van der Waals surface area contributed by atoms with Gasteiger partial charge in [0.05, 0.1) is 7.11 Å². The van der Waals surface area contributed by atoms with E-state index in [1.807, 2.05) is 0 Å². The highest BCUT2D eigenvalue weighted by Gasteiger charge is 2.10. The molecule has 1 aromatic carbocycles. The predicted molar refractivity (Wildman–Crippen MR) is 65.3 cm³/mol. The van der Waals surface area contributed by atoms with Gasteiger partial charge in [-0.2, -0.15) is 0 Å². The summed E-state index contributed by atoms with van der Waals surface area (Å²) in [4.78, 5) is 22.3. The molecular weight excluding hydrogens is 242 g/mol. The molecule has 4 nitrogen and oxygen atoms in total. The number of hydrogen-bond donors (Lipinski definition) is 1. The molecule has 1 aromatic rings. The van der Waals surface area contributed by atoms with Crippen molar-refractivity contribution >= 4 is 29.6 Å². The van der Waals surface area contributed by atoms with E-state index in [1.54, 1.807) is 24.3 Å². The second kappa shape index (κ2) is 6.06. The van der Waals surface area contributed by atoms with Crippen molar-refractivity contribution in [3.8, 4) is 0 Å². The fraction of sp³-hybridized carbons (Fsp3) is 0.167. The lowest BCUT2D eigenvalue weighted by Crippen LogP contribution is -2.25. The molecule has 5 heteroatoms. The highest BCUT2D eigenvalue weighted by molar-refractivity contribution is 6.30. The number of hydrogen-bond acceptors (Lipinski definition) is 3. The first-order valence-electron chi connectivity index (χ1n) is 4.86. The molecule has 0 atom stereocenters. The van der Waals surface area contributed by atoms with Crippen LogP contribution >= 0.6 is 11.6 Å². The zero-order chi connectivity index (χ0) is 12.8. The number of esters is 1. The Labute approximate surface area is 104 Å². The fourth-order valence-corrected chi connectivity index (χ4v) is 1.41. The summed E-state index contributed by atoms with van der Waals surface area (Å²) in [5.74, 6) is -0.955. The summed E-state index contributed by atoms with van der Waals surface area (Å²) in [6.45, 7) is 1.31. The van der Waals surface area contributed by atoms with E-state index in [4.69, 9.17) is 11.6 Å². The molecule has 0 aliphatic rings. The molecule has 0 heterocycles. The van der Waals surface area contributed by atoms with Crippen molar-refractivity contribution in [3.63, 3.8) is 0 Å². The molecule has 0 fully saturated rings. The lowest BCUT2D eigenvalue weighted by molar-refractivity contribution is -0.137. The molecule has 0 bridgehead atoms. The Hall–Kier alpha value is -1.81. The molecule has 0 radical (unpaired) electrons. The van der Waals surface area contributed by atoms with Gasteiger partial charge in [0.1, 0.15) is 5.70 Å². The Morgan fingerprint density at radius 1 is 1.41 bits per heavy atom. The number of ether oxygens (including phenoxy) is 1. The van der Waals surface area contributed by atoms with Crippen LogP contribution < -0.4 is 5.32 Å². The monoisotopic (exact) mass is 253 g/mol. The molecule has 0 spiro atoms. The molecule has 1 rings (SSSR count). The minimum absolute atomic E-state index is 0.0715. The Morgan fingerprint density at radius 2 is 2.12 bits per heavy atom. The number of halogens is 1. The summed E-state index contributed by atoms with van der Waals surface area (Å²) in [5.41, 5.74) is 0.772. The van der Waals surface area contributed by atoms with Crippen LogP contribution in [0.1, 0.15) is 12.5 Å². The van der Waals surface area contributed by atoms with Gasteiger partial charge in [-0.3, -0.25) is 4.79 Å². The van der Waals surface area contributed by atoms with Gasteiger partial charge < -0.3 is 10.1 Å². The topological polar surface area (TPSA) is 55.4 Å². The number of amides is 1. The van der Waals surface area contributed by atoms with Crippen molar-refractivity contribution in [1.29, 1.82) is 0 Å². The molecule has 0 saturated heterocycles. The highest BCUT2D eigenvalue weighted by Crippen LogP contribution is 2.13. The number of carbonyl (C=O) groups is 2. The van der Waals surface area contributed by atoms with E-state index in [0.29, 0.717) is 10.6 Å². The Bertz CT molecular complexity index is 469. The summed E-state index contributed by atoms with van der Waals surface area (Å²) < 4.78 is 4.56. The number of carbonyl (C=O) groups excluding carboxylic acids is 2. The highest BCUT2D eigenvalue weighted by atomic mass is 35.5. The van der Waals surface area contributed by atoms with Crippen LogP contribution in [0.15, 0.2) is 30.0 Å². The van der Waals surface area contributed by atoms with Crippen molar-refractivity contribution in [2.45, 2.75) is 6.92 Å². The van der Waals surface area contributed by atoms with Gasteiger partial charge in [-0.05, 0) is 23.8 Å². The molecule has 90 valence electrons. The van der Waals surface area contributed by atoms with Crippen LogP contribution in [0, 0.1) is 0 Å². The molecule has 17 heavy (non-hydrogen) atoms. The van der Waals surface area contributed by atoms with Gasteiger partial charge in [-0.1, -0.05) is 23.7 Å². The standard InChI is InChI=1S/C12H12ClNO3/c1-8(15)14-11(12(16)17-2)7-9-4-3-5-10(13)6-9/h3-7H,1-2H3,(H,14,15)/b11-7-. The van der Waals surface area contributed by atoms with Crippen LogP contribution in [0.2, 0.25) is 5.02 Å². The number of nitrogens with one attached hydrogen (secondary N) is 1. The van der Waals surface area contributed by atoms with E-state index in [9.17, 15) is 9.59 Å².